The van der Waals surface area contributed by atoms with Gasteiger partial charge in [-0.25, -0.2) is 4.79 Å². The number of thioether (sulfide) groups is 1. The number of hydrogen-bond donors (Lipinski definition) is 2. The van der Waals surface area contributed by atoms with Crippen LogP contribution in [0.2, 0.25) is 0 Å². The monoisotopic (exact) mass is 272 g/mol. The number of nitrogens with zero attached hydrogens (tertiary/aromatic N) is 1. The molecule has 0 aromatic heterocycles. The molecule has 2 atom stereocenters. The van der Waals surface area contributed by atoms with Crippen LogP contribution in [0, 0.1) is 5.92 Å². The third-order valence-corrected chi connectivity index (χ3v) is 4.58. The van der Waals surface area contributed by atoms with Crippen LogP contribution in [-0.2, 0) is 14.4 Å². The van der Waals surface area contributed by atoms with Crippen LogP contribution >= 0.6 is 11.8 Å². The molecular formula is C11H16N2O4S. The molecular weight excluding hydrogens is 256 g/mol. The molecule has 2 rings (SSSR count). The maximum atomic E-state index is 12.0. The van der Waals surface area contributed by atoms with E-state index in [1.54, 1.807) is 0 Å². The van der Waals surface area contributed by atoms with Gasteiger partial charge in [0, 0.05) is 12.7 Å². The van der Waals surface area contributed by atoms with Crippen molar-refractivity contribution in [1.29, 1.82) is 0 Å². The first-order chi connectivity index (χ1) is 8.50. The lowest BCUT2D eigenvalue weighted by Gasteiger charge is -2.27. The van der Waals surface area contributed by atoms with Gasteiger partial charge in [0.25, 0.3) is 0 Å². The lowest BCUT2D eigenvalue weighted by Crippen LogP contribution is -2.49. The van der Waals surface area contributed by atoms with Crippen molar-refractivity contribution in [2.24, 2.45) is 5.92 Å². The Morgan fingerprint density at radius 2 is 2.06 bits per heavy atom. The van der Waals surface area contributed by atoms with Gasteiger partial charge in [0.1, 0.15) is 6.04 Å². The molecule has 1 saturated heterocycles. The van der Waals surface area contributed by atoms with Gasteiger partial charge >= 0.3 is 5.97 Å². The molecule has 0 radical (unpaired) electrons. The quantitative estimate of drug-likeness (QED) is 0.745. The van der Waals surface area contributed by atoms with E-state index in [0.717, 1.165) is 12.8 Å². The second-order valence-corrected chi connectivity index (χ2v) is 5.78. The zero-order chi connectivity index (χ0) is 13.3. The van der Waals surface area contributed by atoms with Crippen LogP contribution < -0.4 is 5.32 Å². The van der Waals surface area contributed by atoms with E-state index in [1.807, 2.05) is 0 Å². The molecule has 2 amide bonds. The summed E-state index contributed by atoms with van der Waals surface area (Å²) in [5.74, 6) is -0.713. The van der Waals surface area contributed by atoms with Crippen molar-refractivity contribution in [3.63, 3.8) is 0 Å². The molecule has 0 aromatic rings. The normalized spacial score (nSPS) is 27.1. The van der Waals surface area contributed by atoms with E-state index >= 15 is 0 Å². The van der Waals surface area contributed by atoms with Gasteiger partial charge < -0.3 is 15.3 Å². The highest BCUT2D eigenvalue weighted by Crippen LogP contribution is 2.45. The van der Waals surface area contributed by atoms with E-state index in [2.05, 4.69) is 5.32 Å². The lowest BCUT2D eigenvalue weighted by molar-refractivity contribution is -0.149. The zero-order valence-electron chi connectivity index (χ0n) is 10.1. The Balaban J connectivity index is 2.05. The minimum atomic E-state index is -0.971. The molecule has 2 aliphatic rings. The summed E-state index contributed by atoms with van der Waals surface area (Å²) >= 11 is 1.53. The van der Waals surface area contributed by atoms with Crippen molar-refractivity contribution in [2.75, 3.05) is 12.3 Å². The first-order valence-corrected chi connectivity index (χ1v) is 6.95. The minimum Gasteiger partial charge on any atom is -0.480 e. The van der Waals surface area contributed by atoms with Gasteiger partial charge in [-0.3, -0.25) is 9.59 Å². The molecule has 1 aliphatic heterocycles. The topological polar surface area (TPSA) is 86.7 Å². The van der Waals surface area contributed by atoms with Crippen LogP contribution in [0.3, 0.4) is 0 Å². The summed E-state index contributed by atoms with van der Waals surface area (Å²) in [4.78, 5) is 35.4. The van der Waals surface area contributed by atoms with Crippen LogP contribution in [0.1, 0.15) is 19.8 Å². The van der Waals surface area contributed by atoms with Crippen molar-refractivity contribution >= 4 is 29.5 Å². The Hall–Kier alpha value is -1.24. The van der Waals surface area contributed by atoms with Crippen LogP contribution in [0.4, 0.5) is 0 Å². The molecule has 2 unspecified atom stereocenters. The van der Waals surface area contributed by atoms with Gasteiger partial charge in [-0.2, -0.15) is 0 Å². The maximum absolute atomic E-state index is 12.0. The molecule has 0 aromatic carbocycles. The number of carbonyl (C=O) groups is 3. The standard InChI is InChI=1S/C11H16N2O4S/c1-6(14)12-4-9(15)13-8(11(16)17)5-18-10(13)7-2-3-7/h7-8,10H,2-5H2,1H3,(H,12,14)(H,16,17). The summed E-state index contributed by atoms with van der Waals surface area (Å²) in [6, 6.07) is -0.762. The van der Waals surface area contributed by atoms with Gasteiger partial charge in [0.2, 0.25) is 11.8 Å². The first kappa shape index (κ1) is 13.2. The molecule has 2 N–H and O–H groups in total. The number of aliphatic carboxylic acids is 1. The maximum Gasteiger partial charge on any atom is 0.327 e. The fourth-order valence-corrected chi connectivity index (χ4v) is 3.72. The molecule has 2 fully saturated rings. The lowest BCUT2D eigenvalue weighted by atomic mass is 10.2. The van der Waals surface area contributed by atoms with Crippen LogP contribution in [0.5, 0.6) is 0 Å². The van der Waals surface area contributed by atoms with Crippen LogP contribution in [0.15, 0.2) is 0 Å². The predicted octanol–water partition coefficient (Wildman–Crippen LogP) is -0.113. The fourth-order valence-electron chi connectivity index (χ4n) is 2.07. The summed E-state index contributed by atoms with van der Waals surface area (Å²) in [6.07, 6.45) is 2.10. The number of carboxylic acids is 1. The van der Waals surface area contributed by atoms with Crippen LogP contribution in [0.25, 0.3) is 0 Å². The molecule has 7 heteroatoms. The van der Waals surface area contributed by atoms with E-state index in [9.17, 15) is 14.4 Å². The Bertz CT molecular complexity index is 383. The van der Waals surface area contributed by atoms with Gasteiger partial charge in [-0.05, 0) is 18.8 Å². The molecule has 100 valence electrons. The molecule has 1 aliphatic carbocycles. The number of rotatable bonds is 4. The zero-order valence-corrected chi connectivity index (χ0v) is 10.9. The summed E-state index contributed by atoms with van der Waals surface area (Å²) in [6.45, 7) is 1.21. The molecule has 0 spiro atoms. The second kappa shape index (κ2) is 5.17. The number of carboxylic acid groups (broad SMARTS) is 1. The third kappa shape index (κ3) is 2.77. The average Bonchev–Trinajstić information content (AvgIpc) is 3.04. The Labute approximate surface area is 109 Å². The van der Waals surface area contributed by atoms with E-state index in [0.29, 0.717) is 11.7 Å². The average molecular weight is 272 g/mol. The SMILES string of the molecule is CC(=O)NCC(=O)N1C(C(=O)O)CSC1C1CC1. The van der Waals surface area contributed by atoms with Crippen molar-refractivity contribution in [3.05, 3.63) is 0 Å². The first-order valence-electron chi connectivity index (χ1n) is 5.90. The van der Waals surface area contributed by atoms with Gasteiger partial charge in [0.15, 0.2) is 0 Å². The summed E-state index contributed by atoms with van der Waals surface area (Å²) in [5, 5.41) is 11.5. The molecule has 1 heterocycles. The Morgan fingerprint density at radius 3 is 2.56 bits per heavy atom. The number of hydrogen-bond acceptors (Lipinski definition) is 4. The smallest absolute Gasteiger partial charge is 0.327 e. The highest BCUT2D eigenvalue weighted by molar-refractivity contribution is 8.00. The van der Waals surface area contributed by atoms with E-state index < -0.39 is 12.0 Å². The van der Waals surface area contributed by atoms with Gasteiger partial charge in [-0.1, -0.05) is 0 Å². The summed E-state index contributed by atoms with van der Waals surface area (Å²) in [5.41, 5.74) is 0. The number of carbonyl (C=O) groups excluding carboxylic acids is 2. The largest absolute Gasteiger partial charge is 0.480 e. The van der Waals surface area contributed by atoms with Crippen molar-refractivity contribution < 1.29 is 19.5 Å². The second-order valence-electron chi connectivity index (χ2n) is 4.63. The minimum absolute atomic E-state index is 0.0349. The fraction of sp³-hybridized carbons (Fsp3) is 0.727. The van der Waals surface area contributed by atoms with Gasteiger partial charge in [-0.15, -0.1) is 11.8 Å². The predicted molar refractivity (Wildman–Crippen MR) is 65.9 cm³/mol. The molecule has 18 heavy (non-hydrogen) atoms. The van der Waals surface area contributed by atoms with Crippen LogP contribution in [-0.4, -0.2) is 51.5 Å². The van der Waals surface area contributed by atoms with Gasteiger partial charge in [0.05, 0.1) is 11.9 Å². The van der Waals surface area contributed by atoms with Crippen molar-refractivity contribution in [2.45, 2.75) is 31.2 Å². The Kier molecular flexibility index (Phi) is 3.79. The number of amides is 2. The molecule has 1 saturated carbocycles. The molecule has 6 nitrogen and oxygen atoms in total. The highest BCUT2D eigenvalue weighted by atomic mass is 32.2. The summed E-state index contributed by atoms with van der Waals surface area (Å²) < 4.78 is 0. The Morgan fingerprint density at radius 1 is 1.39 bits per heavy atom. The third-order valence-electron chi connectivity index (χ3n) is 3.12. The summed E-state index contributed by atoms with van der Waals surface area (Å²) in [7, 11) is 0. The highest BCUT2D eigenvalue weighted by Gasteiger charge is 2.47. The van der Waals surface area contributed by atoms with E-state index in [4.69, 9.17) is 5.11 Å². The van der Waals surface area contributed by atoms with E-state index in [1.165, 1.54) is 23.6 Å². The number of nitrogens with one attached hydrogen (secondary N) is 1. The van der Waals surface area contributed by atoms with Crippen molar-refractivity contribution in [1.82, 2.24) is 10.2 Å². The molecule has 0 bridgehead atoms. The van der Waals surface area contributed by atoms with Crippen molar-refractivity contribution in [3.8, 4) is 0 Å². The van der Waals surface area contributed by atoms with E-state index in [-0.39, 0.29) is 23.7 Å².